The lowest BCUT2D eigenvalue weighted by molar-refractivity contribution is 0.0471. The predicted octanol–water partition coefficient (Wildman–Crippen LogP) is 1.70. The zero-order chi connectivity index (χ0) is 8.27. The van der Waals surface area contributed by atoms with Crippen molar-refractivity contribution in [3.05, 3.63) is 0 Å². The molecule has 3 unspecified atom stereocenters. The summed E-state index contributed by atoms with van der Waals surface area (Å²) in [5, 5.41) is 18.3. The molecule has 0 heterocycles. The maximum Gasteiger partial charge on any atom is 0.0659 e. The van der Waals surface area contributed by atoms with E-state index in [0.717, 1.165) is 25.7 Å². The zero-order valence-corrected chi connectivity index (χ0v) is 6.95. The van der Waals surface area contributed by atoms with Crippen LogP contribution in [0, 0.1) is 23.2 Å². The van der Waals surface area contributed by atoms with Gasteiger partial charge in [0, 0.05) is 5.92 Å². The Morgan fingerprint density at radius 2 is 2.27 bits per heavy atom. The van der Waals surface area contributed by atoms with Gasteiger partial charge >= 0.3 is 0 Å². The Bertz CT molecular complexity index is 161. The van der Waals surface area contributed by atoms with Crippen LogP contribution in [-0.2, 0) is 0 Å². The summed E-state index contributed by atoms with van der Waals surface area (Å²) in [6.45, 7) is 2.05. The second-order valence-electron chi connectivity index (χ2n) is 3.31. The molecular formula is C9H15NO. The van der Waals surface area contributed by atoms with Crippen LogP contribution in [0.1, 0.15) is 32.6 Å². The Morgan fingerprint density at radius 3 is 2.73 bits per heavy atom. The highest BCUT2D eigenvalue weighted by molar-refractivity contribution is 4.93. The Kier molecular flexibility index (Phi) is 2.90. The second-order valence-corrected chi connectivity index (χ2v) is 3.31. The number of aliphatic hydroxyl groups excluding tert-OH is 1. The summed E-state index contributed by atoms with van der Waals surface area (Å²) in [5.74, 6) is 0.331. The van der Waals surface area contributed by atoms with Gasteiger partial charge in [-0.15, -0.1) is 0 Å². The smallest absolute Gasteiger partial charge is 0.0659 e. The third kappa shape index (κ3) is 1.72. The SMILES string of the molecule is CCC1C(O)CCCC1C#N. The van der Waals surface area contributed by atoms with Crippen molar-refractivity contribution in [1.82, 2.24) is 0 Å². The molecule has 0 aliphatic heterocycles. The number of nitriles is 1. The molecule has 1 aliphatic rings. The highest BCUT2D eigenvalue weighted by Crippen LogP contribution is 2.31. The van der Waals surface area contributed by atoms with Crippen molar-refractivity contribution in [2.45, 2.75) is 38.7 Å². The minimum absolute atomic E-state index is 0.101. The Hall–Kier alpha value is -0.550. The molecule has 0 saturated heterocycles. The third-order valence-electron chi connectivity index (χ3n) is 2.66. The second kappa shape index (κ2) is 3.73. The van der Waals surface area contributed by atoms with Crippen molar-refractivity contribution < 1.29 is 5.11 Å². The molecule has 62 valence electrons. The average Bonchev–Trinajstić information content (AvgIpc) is 2.04. The Balaban J connectivity index is 2.57. The normalized spacial score (nSPS) is 38.1. The van der Waals surface area contributed by atoms with Gasteiger partial charge in [-0.25, -0.2) is 0 Å². The van der Waals surface area contributed by atoms with Gasteiger partial charge in [0.25, 0.3) is 0 Å². The fourth-order valence-electron chi connectivity index (χ4n) is 1.96. The minimum Gasteiger partial charge on any atom is -0.393 e. The van der Waals surface area contributed by atoms with E-state index < -0.39 is 0 Å². The van der Waals surface area contributed by atoms with Crippen LogP contribution in [0.4, 0.5) is 0 Å². The van der Waals surface area contributed by atoms with E-state index in [9.17, 15) is 5.11 Å². The molecule has 1 aliphatic carbocycles. The molecule has 0 aromatic rings. The molecule has 2 heteroatoms. The number of nitrogens with zero attached hydrogens (tertiary/aromatic N) is 1. The maximum atomic E-state index is 9.52. The Labute approximate surface area is 67.8 Å². The zero-order valence-electron chi connectivity index (χ0n) is 6.95. The summed E-state index contributed by atoms with van der Waals surface area (Å²) in [6.07, 6.45) is 3.58. The summed E-state index contributed by atoms with van der Waals surface area (Å²) in [4.78, 5) is 0. The molecule has 1 saturated carbocycles. The van der Waals surface area contributed by atoms with Gasteiger partial charge in [0.1, 0.15) is 0 Å². The average molecular weight is 153 g/mol. The first-order chi connectivity index (χ1) is 5.29. The van der Waals surface area contributed by atoms with Gasteiger partial charge in [0.05, 0.1) is 18.1 Å². The number of hydrogen-bond acceptors (Lipinski definition) is 2. The molecule has 0 bridgehead atoms. The van der Waals surface area contributed by atoms with Crippen LogP contribution >= 0.6 is 0 Å². The first-order valence-corrected chi connectivity index (χ1v) is 4.37. The molecule has 1 fully saturated rings. The van der Waals surface area contributed by atoms with Gasteiger partial charge in [-0.05, 0) is 25.7 Å². The van der Waals surface area contributed by atoms with Crippen molar-refractivity contribution >= 4 is 0 Å². The molecule has 0 aromatic heterocycles. The third-order valence-corrected chi connectivity index (χ3v) is 2.66. The van der Waals surface area contributed by atoms with Crippen molar-refractivity contribution in [2.24, 2.45) is 11.8 Å². The van der Waals surface area contributed by atoms with Crippen LogP contribution in [0.15, 0.2) is 0 Å². The summed E-state index contributed by atoms with van der Waals surface area (Å²) >= 11 is 0. The van der Waals surface area contributed by atoms with Crippen molar-refractivity contribution in [1.29, 1.82) is 5.26 Å². The highest BCUT2D eigenvalue weighted by atomic mass is 16.3. The van der Waals surface area contributed by atoms with Crippen molar-refractivity contribution in [3.63, 3.8) is 0 Å². The van der Waals surface area contributed by atoms with E-state index in [1.807, 2.05) is 6.92 Å². The van der Waals surface area contributed by atoms with E-state index in [2.05, 4.69) is 6.07 Å². The number of hydrogen-bond donors (Lipinski definition) is 1. The molecule has 0 aromatic carbocycles. The van der Waals surface area contributed by atoms with Gasteiger partial charge in [0.15, 0.2) is 0 Å². The first-order valence-electron chi connectivity index (χ1n) is 4.37. The highest BCUT2D eigenvalue weighted by Gasteiger charge is 2.30. The van der Waals surface area contributed by atoms with Gasteiger partial charge in [-0.3, -0.25) is 0 Å². The summed E-state index contributed by atoms with van der Waals surface area (Å²) in [7, 11) is 0. The van der Waals surface area contributed by atoms with E-state index >= 15 is 0 Å². The lowest BCUT2D eigenvalue weighted by atomic mass is 9.77. The van der Waals surface area contributed by atoms with Gasteiger partial charge < -0.3 is 5.11 Å². The molecule has 0 radical (unpaired) electrons. The standard InChI is InChI=1S/C9H15NO/c1-2-8-7(6-10)4-3-5-9(8)11/h7-9,11H,2-5H2,1H3. The quantitative estimate of drug-likeness (QED) is 0.623. The van der Waals surface area contributed by atoms with E-state index in [1.54, 1.807) is 0 Å². The largest absolute Gasteiger partial charge is 0.393 e. The lowest BCUT2D eigenvalue weighted by Crippen LogP contribution is -2.30. The number of aliphatic hydroxyl groups is 1. The molecule has 11 heavy (non-hydrogen) atoms. The van der Waals surface area contributed by atoms with Gasteiger partial charge in [-0.2, -0.15) is 5.26 Å². The summed E-state index contributed by atoms with van der Waals surface area (Å²) in [5.41, 5.74) is 0. The predicted molar refractivity (Wildman–Crippen MR) is 42.7 cm³/mol. The molecular weight excluding hydrogens is 138 g/mol. The maximum absolute atomic E-state index is 9.52. The van der Waals surface area contributed by atoms with Crippen LogP contribution in [0.3, 0.4) is 0 Å². The van der Waals surface area contributed by atoms with Gasteiger partial charge in [0.2, 0.25) is 0 Å². The molecule has 3 atom stereocenters. The molecule has 1 rings (SSSR count). The van der Waals surface area contributed by atoms with Crippen LogP contribution < -0.4 is 0 Å². The number of rotatable bonds is 1. The van der Waals surface area contributed by atoms with E-state index in [-0.39, 0.29) is 17.9 Å². The molecule has 1 N–H and O–H groups in total. The monoisotopic (exact) mass is 153 g/mol. The summed E-state index contributed by atoms with van der Waals surface area (Å²) in [6, 6.07) is 2.28. The van der Waals surface area contributed by atoms with E-state index in [4.69, 9.17) is 5.26 Å². The van der Waals surface area contributed by atoms with Crippen LogP contribution in [-0.4, -0.2) is 11.2 Å². The fraction of sp³-hybridized carbons (Fsp3) is 0.889. The molecule has 2 nitrogen and oxygen atoms in total. The first kappa shape index (κ1) is 8.55. The van der Waals surface area contributed by atoms with Crippen molar-refractivity contribution in [2.75, 3.05) is 0 Å². The van der Waals surface area contributed by atoms with Crippen LogP contribution in [0.25, 0.3) is 0 Å². The molecule has 0 spiro atoms. The van der Waals surface area contributed by atoms with Crippen LogP contribution in [0.2, 0.25) is 0 Å². The van der Waals surface area contributed by atoms with Gasteiger partial charge in [-0.1, -0.05) is 6.92 Å². The Morgan fingerprint density at radius 1 is 1.55 bits per heavy atom. The van der Waals surface area contributed by atoms with E-state index in [1.165, 1.54) is 0 Å². The topological polar surface area (TPSA) is 44.0 Å². The molecule has 0 amide bonds. The summed E-state index contributed by atoms with van der Waals surface area (Å²) < 4.78 is 0. The fourth-order valence-corrected chi connectivity index (χ4v) is 1.96. The van der Waals surface area contributed by atoms with Crippen molar-refractivity contribution in [3.8, 4) is 6.07 Å². The lowest BCUT2D eigenvalue weighted by Gasteiger charge is -2.30. The minimum atomic E-state index is -0.224. The van der Waals surface area contributed by atoms with E-state index in [0.29, 0.717) is 0 Å². The van der Waals surface area contributed by atoms with Crippen LogP contribution in [0.5, 0.6) is 0 Å².